The van der Waals surface area contributed by atoms with Gasteiger partial charge in [0.1, 0.15) is 5.82 Å². The monoisotopic (exact) mass is 238 g/mol. The molecule has 1 aromatic rings. The molecule has 96 valence electrons. The van der Waals surface area contributed by atoms with E-state index in [4.69, 9.17) is 5.73 Å². The van der Waals surface area contributed by atoms with E-state index in [0.29, 0.717) is 0 Å². The molecule has 1 aromatic carbocycles. The van der Waals surface area contributed by atoms with Gasteiger partial charge in [-0.15, -0.1) is 0 Å². The highest BCUT2D eigenvalue weighted by Crippen LogP contribution is 2.12. The van der Waals surface area contributed by atoms with Crippen LogP contribution < -0.4 is 5.73 Å². The van der Waals surface area contributed by atoms with E-state index in [1.54, 1.807) is 0 Å². The second-order valence-corrected chi connectivity index (χ2v) is 5.20. The fourth-order valence-electron chi connectivity index (χ4n) is 2.22. The Labute approximate surface area is 104 Å². The van der Waals surface area contributed by atoms with Gasteiger partial charge in [0.25, 0.3) is 0 Å². The van der Waals surface area contributed by atoms with Crippen molar-refractivity contribution >= 4 is 0 Å². The summed E-state index contributed by atoms with van der Waals surface area (Å²) in [4.78, 5) is 2.18. The van der Waals surface area contributed by atoms with Crippen molar-refractivity contribution in [2.45, 2.75) is 38.8 Å². The minimum absolute atomic E-state index is 0.149. The van der Waals surface area contributed by atoms with Crippen LogP contribution in [0.25, 0.3) is 0 Å². The molecular formula is C14H23FN2. The Hall–Kier alpha value is -0.930. The Morgan fingerprint density at radius 2 is 1.88 bits per heavy atom. The molecule has 17 heavy (non-hydrogen) atoms. The Balaban J connectivity index is 2.49. The first-order chi connectivity index (χ1) is 7.93. The summed E-state index contributed by atoms with van der Waals surface area (Å²) in [7, 11) is 2.05. The lowest BCUT2D eigenvalue weighted by Gasteiger charge is -2.30. The van der Waals surface area contributed by atoms with Crippen molar-refractivity contribution in [3.63, 3.8) is 0 Å². The van der Waals surface area contributed by atoms with Crippen LogP contribution in [0.5, 0.6) is 0 Å². The zero-order valence-corrected chi connectivity index (χ0v) is 11.0. The van der Waals surface area contributed by atoms with Crippen molar-refractivity contribution in [3.8, 4) is 0 Å². The van der Waals surface area contributed by atoms with Gasteiger partial charge in [-0.25, -0.2) is 4.39 Å². The van der Waals surface area contributed by atoms with E-state index in [9.17, 15) is 4.39 Å². The van der Waals surface area contributed by atoms with E-state index < -0.39 is 0 Å². The minimum Gasteiger partial charge on any atom is -0.324 e. The maximum absolute atomic E-state index is 12.8. The predicted molar refractivity (Wildman–Crippen MR) is 70.2 cm³/mol. The lowest BCUT2D eigenvalue weighted by molar-refractivity contribution is 0.241. The highest BCUT2D eigenvalue weighted by molar-refractivity contribution is 5.15. The van der Waals surface area contributed by atoms with Crippen LogP contribution in [-0.2, 0) is 6.54 Å². The smallest absolute Gasteiger partial charge is 0.123 e. The molecule has 0 saturated carbocycles. The number of likely N-dealkylation sites (N-methyl/N-ethyl adjacent to an activating group) is 1. The summed E-state index contributed by atoms with van der Waals surface area (Å²) in [6.07, 6.45) is 2.11. The molecule has 0 bridgehead atoms. The number of benzene rings is 1. The van der Waals surface area contributed by atoms with E-state index in [-0.39, 0.29) is 11.4 Å². The number of halogens is 1. The maximum atomic E-state index is 12.8. The molecule has 0 amide bonds. The predicted octanol–water partition coefficient (Wildman–Crippen LogP) is 2.78. The second kappa shape index (κ2) is 6.12. The van der Waals surface area contributed by atoms with Crippen LogP contribution in [-0.4, -0.2) is 24.0 Å². The molecule has 0 fully saturated rings. The lowest BCUT2D eigenvalue weighted by Crippen LogP contribution is -2.46. The highest BCUT2D eigenvalue weighted by Gasteiger charge is 2.19. The molecule has 0 aliphatic rings. The zero-order valence-electron chi connectivity index (χ0n) is 11.0. The summed E-state index contributed by atoms with van der Waals surface area (Å²) in [5, 5.41) is 0. The molecule has 2 nitrogen and oxygen atoms in total. The average molecular weight is 238 g/mol. The minimum atomic E-state index is -0.189. The molecule has 0 aliphatic heterocycles. The number of nitrogens with zero attached hydrogens (tertiary/aromatic N) is 1. The summed E-state index contributed by atoms with van der Waals surface area (Å²) in [5.74, 6) is -0.189. The Morgan fingerprint density at radius 3 is 2.41 bits per heavy atom. The van der Waals surface area contributed by atoms with Crippen LogP contribution >= 0.6 is 0 Å². The van der Waals surface area contributed by atoms with Crippen LogP contribution in [0.2, 0.25) is 0 Å². The van der Waals surface area contributed by atoms with Gasteiger partial charge in [-0.3, -0.25) is 0 Å². The fraction of sp³-hybridized carbons (Fsp3) is 0.571. The van der Waals surface area contributed by atoms with Gasteiger partial charge in [-0.2, -0.15) is 0 Å². The molecule has 1 rings (SSSR count). The molecule has 0 spiro atoms. The van der Waals surface area contributed by atoms with Crippen molar-refractivity contribution in [2.75, 3.05) is 13.6 Å². The third-order valence-electron chi connectivity index (χ3n) is 2.82. The highest BCUT2D eigenvalue weighted by atomic mass is 19.1. The van der Waals surface area contributed by atoms with Gasteiger partial charge >= 0.3 is 0 Å². The number of hydrogen-bond acceptors (Lipinski definition) is 2. The van der Waals surface area contributed by atoms with Gasteiger partial charge in [-0.05, 0) is 38.1 Å². The molecule has 2 N–H and O–H groups in total. The summed E-state index contributed by atoms with van der Waals surface area (Å²) in [6.45, 7) is 5.87. The van der Waals surface area contributed by atoms with E-state index >= 15 is 0 Å². The molecule has 1 atom stereocenters. The summed E-state index contributed by atoms with van der Waals surface area (Å²) >= 11 is 0. The Morgan fingerprint density at radius 1 is 1.29 bits per heavy atom. The summed E-state index contributed by atoms with van der Waals surface area (Å²) in [6, 6.07) is 6.63. The van der Waals surface area contributed by atoms with Crippen molar-refractivity contribution in [1.29, 1.82) is 0 Å². The summed E-state index contributed by atoms with van der Waals surface area (Å²) < 4.78 is 12.8. The van der Waals surface area contributed by atoms with Gasteiger partial charge in [0.2, 0.25) is 0 Å². The molecule has 0 saturated heterocycles. The van der Waals surface area contributed by atoms with Gasteiger partial charge in [0.05, 0.1) is 0 Å². The molecule has 0 heterocycles. The third kappa shape index (κ3) is 5.29. The quantitative estimate of drug-likeness (QED) is 0.825. The van der Waals surface area contributed by atoms with Crippen LogP contribution in [0.15, 0.2) is 24.3 Å². The van der Waals surface area contributed by atoms with E-state index in [1.165, 1.54) is 12.1 Å². The van der Waals surface area contributed by atoms with Crippen molar-refractivity contribution in [1.82, 2.24) is 4.90 Å². The molecule has 1 unspecified atom stereocenters. The van der Waals surface area contributed by atoms with E-state index in [2.05, 4.69) is 18.7 Å². The number of nitrogens with two attached hydrogens (primary N) is 1. The third-order valence-corrected chi connectivity index (χ3v) is 2.82. The fourth-order valence-corrected chi connectivity index (χ4v) is 2.22. The standard InChI is InChI=1S/C14H23FN2/c1-4-9-14(2,16)11-17(3)10-12-5-7-13(15)8-6-12/h5-8H,4,9-11,16H2,1-3H3. The lowest BCUT2D eigenvalue weighted by atomic mass is 9.97. The topological polar surface area (TPSA) is 29.3 Å². The molecule has 3 heteroatoms. The van der Waals surface area contributed by atoms with Crippen molar-refractivity contribution < 1.29 is 4.39 Å². The van der Waals surface area contributed by atoms with Gasteiger partial charge in [0.15, 0.2) is 0 Å². The Kier molecular flexibility index (Phi) is 5.09. The first-order valence-electron chi connectivity index (χ1n) is 6.15. The average Bonchev–Trinajstić information content (AvgIpc) is 2.20. The van der Waals surface area contributed by atoms with E-state index in [0.717, 1.165) is 31.5 Å². The van der Waals surface area contributed by atoms with Gasteiger partial charge in [-0.1, -0.05) is 25.5 Å². The van der Waals surface area contributed by atoms with Crippen LogP contribution in [0.4, 0.5) is 4.39 Å². The molecular weight excluding hydrogens is 215 g/mol. The Bertz CT molecular complexity index is 333. The van der Waals surface area contributed by atoms with Crippen LogP contribution in [0, 0.1) is 5.82 Å². The van der Waals surface area contributed by atoms with E-state index in [1.807, 2.05) is 19.2 Å². The largest absolute Gasteiger partial charge is 0.324 e. The number of rotatable bonds is 6. The normalized spacial score (nSPS) is 14.9. The summed E-state index contributed by atoms with van der Waals surface area (Å²) in [5.41, 5.74) is 7.17. The molecule has 0 aromatic heterocycles. The number of hydrogen-bond donors (Lipinski definition) is 1. The van der Waals surface area contributed by atoms with Gasteiger partial charge < -0.3 is 10.6 Å². The maximum Gasteiger partial charge on any atom is 0.123 e. The first-order valence-corrected chi connectivity index (χ1v) is 6.15. The van der Waals surface area contributed by atoms with Gasteiger partial charge in [0, 0.05) is 18.6 Å². The second-order valence-electron chi connectivity index (χ2n) is 5.20. The van der Waals surface area contributed by atoms with Crippen LogP contribution in [0.3, 0.4) is 0 Å². The zero-order chi connectivity index (χ0) is 12.9. The molecule has 0 radical (unpaired) electrons. The van der Waals surface area contributed by atoms with Crippen molar-refractivity contribution in [3.05, 3.63) is 35.6 Å². The van der Waals surface area contributed by atoms with Crippen LogP contribution in [0.1, 0.15) is 32.3 Å². The molecule has 0 aliphatic carbocycles. The first kappa shape index (κ1) is 14.1. The van der Waals surface area contributed by atoms with Crippen molar-refractivity contribution in [2.24, 2.45) is 5.73 Å². The SMILES string of the molecule is CCCC(C)(N)CN(C)Cc1ccc(F)cc1.